The van der Waals surface area contributed by atoms with E-state index in [1.54, 1.807) is 30.3 Å². The lowest BCUT2D eigenvalue weighted by molar-refractivity contribution is 0.319. The van der Waals surface area contributed by atoms with Crippen LogP contribution in [0.5, 0.6) is 17.2 Å². The highest BCUT2D eigenvalue weighted by molar-refractivity contribution is 6.14. The zero-order chi connectivity index (χ0) is 13.1. The summed E-state index contributed by atoms with van der Waals surface area (Å²) in [5, 5.41) is 40.6. The standard InChI is InChI=1S/C13H11NO4/c15-10-7-6-9(12(16)13(10)17)11(14-18)8-4-2-1-3-5-8/h1-7,15-18H. The fourth-order valence-electron chi connectivity index (χ4n) is 1.62. The normalized spacial score (nSPS) is 11.4. The number of hydrogen-bond donors (Lipinski definition) is 4. The van der Waals surface area contributed by atoms with Crippen LogP contribution in [0.4, 0.5) is 0 Å². The molecule has 5 heteroatoms. The molecule has 0 amide bonds. The van der Waals surface area contributed by atoms with Gasteiger partial charge in [0.1, 0.15) is 5.71 Å². The van der Waals surface area contributed by atoms with Gasteiger partial charge in [0.15, 0.2) is 11.5 Å². The molecule has 0 aliphatic rings. The molecule has 0 saturated carbocycles. The van der Waals surface area contributed by atoms with Crippen LogP contribution in [0.25, 0.3) is 0 Å². The van der Waals surface area contributed by atoms with Crippen LogP contribution in [0.3, 0.4) is 0 Å². The second-order valence-electron chi connectivity index (χ2n) is 3.64. The molecule has 2 rings (SSSR count). The maximum atomic E-state index is 9.74. The van der Waals surface area contributed by atoms with E-state index in [0.29, 0.717) is 5.56 Å². The Labute approximate surface area is 103 Å². The van der Waals surface area contributed by atoms with Crippen molar-refractivity contribution in [1.82, 2.24) is 0 Å². The second-order valence-corrected chi connectivity index (χ2v) is 3.64. The minimum Gasteiger partial charge on any atom is -0.504 e. The first-order valence-corrected chi connectivity index (χ1v) is 5.17. The Morgan fingerprint density at radius 3 is 2.11 bits per heavy atom. The predicted octanol–water partition coefficient (Wildman–Crippen LogP) is 2.03. The van der Waals surface area contributed by atoms with Crippen LogP contribution in [0.1, 0.15) is 11.1 Å². The van der Waals surface area contributed by atoms with Crippen molar-refractivity contribution in [3.63, 3.8) is 0 Å². The number of rotatable bonds is 2. The molecule has 0 heterocycles. The molecule has 0 fully saturated rings. The van der Waals surface area contributed by atoms with E-state index in [4.69, 9.17) is 5.21 Å². The maximum absolute atomic E-state index is 9.74. The van der Waals surface area contributed by atoms with Gasteiger partial charge in [-0.15, -0.1) is 0 Å². The van der Waals surface area contributed by atoms with Gasteiger partial charge in [-0.3, -0.25) is 0 Å². The first kappa shape index (κ1) is 11.8. The molecule has 0 aromatic heterocycles. The minimum atomic E-state index is -0.649. The van der Waals surface area contributed by atoms with Gasteiger partial charge in [-0.1, -0.05) is 35.5 Å². The van der Waals surface area contributed by atoms with Crippen LogP contribution >= 0.6 is 0 Å². The highest BCUT2D eigenvalue weighted by Crippen LogP contribution is 2.38. The van der Waals surface area contributed by atoms with Gasteiger partial charge in [0.2, 0.25) is 5.75 Å². The molecule has 0 spiro atoms. The quantitative estimate of drug-likeness (QED) is 0.282. The molecule has 0 aliphatic heterocycles. The van der Waals surface area contributed by atoms with Gasteiger partial charge in [-0.2, -0.15) is 0 Å². The highest BCUT2D eigenvalue weighted by Gasteiger charge is 2.17. The summed E-state index contributed by atoms with van der Waals surface area (Å²) in [5.74, 6) is -1.63. The van der Waals surface area contributed by atoms with E-state index in [1.165, 1.54) is 12.1 Å². The molecule has 4 N–H and O–H groups in total. The molecule has 18 heavy (non-hydrogen) atoms. The topological polar surface area (TPSA) is 93.3 Å². The third-order valence-electron chi connectivity index (χ3n) is 2.53. The molecule has 0 radical (unpaired) electrons. The average molecular weight is 245 g/mol. The molecule has 92 valence electrons. The van der Waals surface area contributed by atoms with Gasteiger partial charge >= 0.3 is 0 Å². The SMILES string of the molecule is ON=C(c1ccccc1)c1ccc(O)c(O)c1O. The number of nitrogens with zero attached hydrogens (tertiary/aromatic N) is 1. The van der Waals surface area contributed by atoms with Crippen LogP contribution in [0, 0.1) is 0 Å². The van der Waals surface area contributed by atoms with Crippen molar-refractivity contribution in [2.24, 2.45) is 5.16 Å². The number of hydrogen-bond acceptors (Lipinski definition) is 5. The number of phenolic OH excluding ortho intramolecular Hbond substituents is 3. The van der Waals surface area contributed by atoms with E-state index < -0.39 is 17.2 Å². The first-order valence-electron chi connectivity index (χ1n) is 5.17. The second kappa shape index (κ2) is 4.67. The number of oxime groups is 1. The lowest BCUT2D eigenvalue weighted by atomic mass is 10.0. The van der Waals surface area contributed by atoms with Crippen LogP contribution in [-0.4, -0.2) is 26.2 Å². The molecule has 0 atom stereocenters. The summed E-state index contributed by atoms with van der Waals surface area (Å²) in [6.07, 6.45) is 0. The van der Waals surface area contributed by atoms with E-state index in [0.717, 1.165) is 0 Å². The van der Waals surface area contributed by atoms with Crippen molar-refractivity contribution >= 4 is 5.71 Å². The smallest absolute Gasteiger partial charge is 0.200 e. The van der Waals surface area contributed by atoms with Crippen LogP contribution in [0.2, 0.25) is 0 Å². The first-order chi connectivity index (χ1) is 8.65. The van der Waals surface area contributed by atoms with Crippen molar-refractivity contribution in [3.8, 4) is 17.2 Å². The average Bonchev–Trinajstić information content (AvgIpc) is 2.41. The largest absolute Gasteiger partial charge is 0.504 e. The summed E-state index contributed by atoms with van der Waals surface area (Å²) >= 11 is 0. The predicted molar refractivity (Wildman–Crippen MR) is 65.3 cm³/mol. The van der Waals surface area contributed by atoms with Gasteiger partial charge in [0.25, 0.3) is 0 Å². The van der Waals surface area contributed by atoms with Gasteiger partial charge in [0, 0.05) is 5.56 Å². The van der Waals surface area contributed by atoms with Crippen molar-refractivity contribution in [1.29, 1.82) is 0 Å². The molecular weight excluding hydrogens is 234 g/mol. The Kier molecular flexibility index (Phi) is 3.05. The fraction of sp³-hybridized carbons (Fsp3) is 0. The van der Waals surface area contributed by atoms with Gasteiger partial charge in [0.05, 0.1) is 5.56 Å². The maximum Gasteiger partial charge on any atom is 0.200 e. The molecule has 0 unspecified atom stereocenters. The van der Waals surface area contributed by atoms with Gasteiger partial charge in [-0.05, 0) is 12.1 Å². The zero-order valence-electron chi connectivity index (χ0n) is 9.28. The molecule has 2 aromatic carbocycles. The summed E-state index contributed by atoms with van der Waals surface area (Å²) < 4.78 is 0. The van der Waals surface area contributed by atoms with Crippen molar-refractivity contribution < 1.29 is 20.5 Å². The van der Waals surface area contributed by atoms with Crippen LogP contribution < -0.4 is 0 Å². The minimum absolute atomic E-state index is 0.100. The van der Waals surface area contributed by atoms with E-state index in [1.807, 2.05) is 0 Å². The highest BCUT2D eigenvalue weighted by atomic mass is 16.4. The summed E-state index contributed by atoms with van der Waals surface area (Å²) in [6.45, 7) is 0. The van der Waals surface area contributed by atoms with Crippen LogP contribution in [-0.2, 0) is 0 Å². The van der Waals surface area contributed by atoms with Crippen LogP contribution in [0.15, 0.2) is 47.6 Å². The van der Waals surface area contributed by atoms with E-state index in [9.17, 15) is 15.3 Å². The van der Waals surface area contributed by atoms with Crippen molar-refractivity contribution in [2.75, 3.05) is 0 Å². The number of benzene rings is 2. The Morgan fingerprint density at radius 2 is 1.50 bits per heavy atom. The molecule has 2 aromatic rings. The Balaban J connectivity index is 2.58. The lowest BCUT2D eigenvalue weighted by Gasteiger charge is -2.09. The van der Waals surface area contributed by atoms with E-state index in [2.05, 4.69) is 5.16 Å². The Hall–Kier alpha value is -2.69. The summed E-state index contributed by atoms with van der Waals surface area (Å²) in [6, 6.07) is 11.2. The molecular formula is C13H11NO4. The molecule has 0 saturated heterocycles. The third kappa shape index (κ3) is 1.93. The molecule has 0 aliphatic carbocycles. The fourth-order valence-corrected chi connectivity index (χ4v) is 1.62. The number of aromatic hydroxyl groups is 3. The Morgan fingerprint density at radius 1 is 0.833 bits per heavy atom. The monoisotopic (exact) mass is 245 g/mol. The summed E-state index contributed by atoms with van der Waals surface area (Å²) in [5.41, 5.74) is 0.794. The molecule has 0 bridgehead atoms. The number of phenols is 3. The Bertz CT molecular complexity index is 593. The van der Waals surface area contributed by atoms with Crippen molar-refractivity contribution in [3.05, 3.63) is 53.6 Å². The molecule has 5 nitrogen and oxygen atoms in total. The zero-order valence-corrected chi connectivity index (χ0v) is 9.28. The van der Waals surface area contributed by atoms with Gasteiger partial charge in [-0.25, -0.2) is 0 Å². The van der Waals surface area contributed by atoms with Crippen molar-refractivity contribution in [2.45, 2.75) is 0 Å². The summed E-state index contributed by atoms with van der Waals surface area (Å²) in [7, 11) is 0. The summed E-state index contributed by atoms with van der Waals surface area (Å²) in [4.78, 5) is 0. The van der Waals surface area contributed by atoms with E-state index >= 15 is 0 Å². The third-order valence-corrected chi connectivity index (χ3v) is 2.53. The lowest BCUT2D eigenvalue weighted by Crippen LogP contribution is -2.03. The van der Waals surface area contributed by atoms with E-state index in [-0.39, 0.29) is 11.3 Å². The van der Waals surface area contributed by atoms with Gasteiger partial charge < -0.3 is 20.5 Å².